The lowest BCUT2D eigenvalue weighted by Crippen LogP contribution is -2.17. The minimum Gasteiger partial charge on any atom is -0.478 e. The molecule has 6 nitrogen and oxygen atoms in total. The summed E-state index contributed by atoms with van der Waals surface area (Å²) in [5.74, 6) is -1.47. The van der Waals surface area contributed by atoms with Gasteiger partial charge in [0.2, 0.25) is 5.89 Å². The van der Waals surface area contributed by atoms with Crippen molar-refractivity contribution in [3.05, 3.63) is 47.4 Å². The van der Waals surface area contributed by atoms with Crippen LogP contribution in [0.4, 0.5) is 4.39 Å². The Hall–Kier alpha value is -2.28. The third kappa shape index (κ3) is 3.59. The van der Waals surface area contributed by atoms with Gasteiger partial charge in [-0.15, -0.1) is 0 Å². The van der Waals surface area contributed by atoms with Crippen LogP contribution in [0.2, 0.25) is 0 Å². The second kappa shape index (κ2) is 6.05. The van der Waals surface area contributed by atoms with Crippen LogP contribution >= 0.6 is 0 Å². The predicted molar refractivity (Wildman–Crippen MR) is 63.1 cm³/mol. The van der Waals surface area contributed by atoms with Crippen LogP contribution in [0, 0.1) is 5.82 Å². The van der Waals surface area contributed by atoms with Gasteiger partial charge in [0.05, 0.1) is 5.56 Å². The van der Waals surface area contributed by atoms with Crippen molar-refractivity contribution in [2.45, 2.75) is 13.0 Å². The first-order valence-electron chi connectivity index (χ1n) is 5.65. The molecular formula is C12H12FN3O3. The third-order valence-electron chi connectivity index (χ3n) is 2.52. The lowest BCUT2D eigenvalue weighted by Gasteiger charge is -2.05. The molecule has 100 valence electrons. The number of halogens is 1. The molecule has 0 fully saturated rings. The number of carboxylic acid groups (broad SMARTS) is 1. The number of rotatable bonds is 6. The number of aromatic carboxylic acids is 1. The zero-order valence-electron chi connectivity index (χ0n) is 9.97. The lowest BCUT2D eigenvalue weighted by molar-refractivity contribution is 0.0692. The molecule has 0 atom stereocenters. The Morgan fingerprint density at radius 1 is 1.47 bits per heavy atom. The Labute approximate surface area is 108 Å². The Morgan fingerprint density at radius 3 is 2.95 bits per heavy atom. The molecular weight excluding hydrogens is 253 g/mol. The zero-order valence-corrected chi connectivity index (χ0v) is 9.97. The molecule has 1 aromatic carbocycles. The van der Waals surface area contributed by atoms with Gasteiger partial charge in [0.15, 0.2) is 6.33 Å². The number of nitrogens with zero attached hydrogens (tertiary/aromatic N) is 2. The molecule has 2 rings (SSSR count). The molecule has 19 heavy (non-hydrogen) atoms. The summed E-state index contributed by atoms with van der Waals surface area (Å²) >= 11 is 0. The quantitative estimate of drug-likeness (QED) is 0.764. The van der Waals surface area contributed by atoms with E-state index in [9.17, 15) is 9.18 Å². The summed E-state index contributed by atoms with van der Waals surface area (Å²) in [5.41, 5.74) is 0.350. The second-order valence-corrected chi connectivity index (χ2v) is 3.88. The fourth-order valence-electron chi connectivity index (χ4n) is 1.58. The number of benzene rings is 1. The standard InChI is InChI=1S/C12H12FN3O3/c13-10-5-8(1-2-9(10)12(17)18)6-14-4-3-11-15-7-16-19-11/h1-2,5,7,14H,3-4,6H2,(H,17,18). The van der Waals surface area contributed by atoms with Crippen LogP contribution in [0.1, 0.15) is 21.8 Å². The summed E-state index contributed by atoms with van der Waals surface area (Å²) in [7, 11) is 0. The minimum atomic E-state index is -1.27. The maximum atomic E-state index is 13.4. The van der Waals surface area contributed by atoms with Crippen LogP contribution in [0.3, 0.4) is 0 Å². The van der Waals surface area contributed by atoms with Gasteiger partial charge >= 0.3 is 5.97 Å². The van der Waals surface area contributed by atoms with Gasteiger partial charge in [-0.3, -0.25) is 0 Å². The smallest absolute Gasteiger partial charge is 0.338 e. The van der Waals surface area contributed by atoms with Crippen LogP contribution < -0.4 is 5.32 Å². The van der Waals surface area contributed by atoms with Gasteiger partial charge in [-0.25, -0.2) is 9.18 Å². The average Bonchev–Trinajstić information content (AvgIpc) is 2.87. The highest BCUT2D eigenvalue weighted by Crippen LogP contribution is 2.10. The summed E-state index contributed by atoms with van der Waals surface area (Å²) in [4.78, 5) is 14.5. The van der Waals surface area contributed by atoms with Crippen molar-refractivity contribution in [1.29, 1.82) is 0 Å². The normalized spacial score (nSPS) is 10.6. The maximum Gasteiger partial charge on any atom is 0.338 e. The SMILES string of the molecule is O=C(O)c1ccc(CNCCc2ncno2)cc1F. The molecule has 2 N–H and O–H groups in total. The molecule has 0 aliphatic rings. The van der Waals surface area contributed by atoms with Crippen LogP contribution in [0.15, 0.2) is 29.0 Å². The van der Waals surface area contributed by atoms with Crippen LogP contribution in [-0.2, 0) is 13.0 Å². The van der Waals surface area contributed by atoms with Crippen molar-refractivity contribution in [1.82, 2.24) is 15.5 Å². The number of aromatic nitrogens is 2. The van der Waals surface area contributed by atoms with E-state index in [1.165, 1.54) is 18.5 Å². The number of nitrogens with one attached hydrogen (secondary N) is 1. The molecule has 2 aromatic rings. The summed E-state index contributed by atoms with van der Waals surface area (Å²) < 4.78 is 18.2. The highest BCUT2D eigenvalue weighted by Gasteiger charge is 2.10. The molecule has 0 radical (unpaired) electrons. The molecule has 0 unspecified atom stereocenters. The molecule has 0 aliphatic heterocycles. The maximum absolute atomic E-state index is 13.4. The average molecular weight is 265 g/mol. The number of hydrogen-bond donors (Lipinski definition) is 2. The van der Waals surface area contributed by atoms with E-state index in [0.29, 0.717) is 31.0 Å². The van der Waals surface area contributed by atoms with Gasteiger partial charge in [0, 0.05) is 19.5 Å². The van der Waals surface area contributed by atoms with Gasteiger partial charge in [-0.2, -0.15) is 4.98 Å². The van der Waals surface area contributed by atoms with E-state index < -0.39 is 11.8 Å². The van der Waals surface area contributed by atoms with E-state index in [0.717, 1.165) is 0 Å². The highest BCUT2D eigenvalue weighted by molar-refractivity contribution is 5.87. The molecule has 0 bridgehead atoms. The number of carboxylic acids is 1. The van der Waals surface area contributed by atoms with Gasteiger partial charge in [-0.1, -0.05) is 11.2 Å². The van der Waals surface area contributed by atoms with E-state index in [1.807, 2.05) is 0 Å². The lowest BCUT2D eigenvalue weighted by atomic mass is 10.1. The first-order valence-corrected chi connectivity index (χ1v) is 5.65. The Balaban J connectivity index is 1.83. The van der Waals surface area contributed by atoms with Crippen LogP contribution in [-0.4, -0.2) is 27.8 Å². The summed E-state index contributed by atoms with van der Waals surface area (Å²) in [6.45, 7) is 1.04. The van der Waals surface area contributed by atoms with Crippen molar-refractivity contribution >= 4 is 5.97 Å². The van der Waals surface area contributed by atoms with Crippen molar-refractivity contribution in [2.75, 3.05) is 6.54 Å². The van der Waals surface area contributed by atoms with Gasteiger partial charge in [0.25, 0.3) is 0 Å². The summed E-state index contributed by atoms with van der Waals surface area (Å²) in [6, 6.07) is 4.04. The van der Waals surface area contributed by atoms with E-state index in [1.54, 1.807) is 6.07 Å². The van der Waals surface area contributed by atoms with E-state index in [4.69, 9.17) is 9.63 Å². The first kappa shape index (κ1) is 13.2. The molecule has 0 saturated carbocycles. The van der Waals surface area contributed by atoms with Crippen molar-refractivity contribution < 1.29 is 18.8 Å². The first-order chi connectivity index (χ1) is 9.16. The van der Waals surface area contributed by atoms with Gasteiger partial charge < -0.3 is 14.9 Å². The predicted octanol–water partition coefficient (Wildman–Crippen LogP) is 1.24. The molecule has 1 aromatic heterocycles. The van der Waals surface area contributed by atoms with Crippen molar-refractivity contribution in [3.63, 3.8) is 0 Å². The minimum absolute atomic E-state index is 0.324. The van der Waals surface area contributed by atoms with E-state index in [2.05, 4.69) is 15.5 Å². The monoisotopic (exact) mass is 265 g/mol. The molecule has 1 heterocycles. The molecule has 0 spiro atoms. The second-order valence-electron chi connectivity index (χ2n) is 3.88. The van der Waals surface area contributed by atoms with Crippen molar-refractivity contribution in [3.8, 4) is 0 Å². The summed E-state index contributed by atoms with van der Waals surface area (Å²) in [5, 5.41) is 15.2. The van der Waals surface area contributed by atoms with Crippen LogP contribution in [0.5, 0.6) is 0 Å². The van der Waals surface area contributed by atoms with Gasteiger partial charge in [0.1, 0.15) is 5.82 Å². The largest absolute Gasteiger partial charge is 0.478 e. The van der Waals surface area contributed by atoms with E-state index in [-0.39, 0.29) is 5.56 Å². The third-order valence-corrected chi connectivity index (χ3v) is 2.52. The van der Waals surface area contributed by atoms with Crippen LogP contribution in [0.25, 0.3) is 0 Å². The van der Waals surface area contributed by atoms with Gasteiger partial charge in [-0.05, 0) is 17.7 Å². The Morgan fingerprint density at radius 2 is 2.32 bits per heavy atom. The number of hydrogen-bond acceptors (Lipinski definition) is 5. The molecule has 0 amide bonds. The fourth-order valence-corrected chi connectivity index (χ4v) is 1.58. The Kier molecular flexibility index (Phi) is 4.19. The Bertz CT molecular complexity index is 557. The summed E-state index contributed by atoms with van der Waals surface area (Å²) in [6.07, 6.45) is 1.91. The fraction of sp³-hybridized carbons (Fsp3) is 0.250. The molecule has 7 heteroatoms. The zero-order chi connectivity index (χ0) is 13.7. The topological polar surface area (TPSA) is 88.2 Å². The highest BCUT2D eigenvalue weighted by atomic mass is 19.1. The van der Waals surface area contributed by atoms with Crippen molar-refractivity contribution in [2.24, 2.45) is 0 Å². The molecule has 0 aliphatic carbocycles. The van der Waals surface area contributed by atoms with E-state index >= 15 is 0 Å². The molecule has 0 saturated heterocycles. The number of carbonyl (C=O) groups is 1.